The van der Waals surface area contributed by atoms with Crippen molar-refractivity contribution in [2.24, 2.45) is 0 Å². The van der Waals surface area contributed by atoms with Crippen molar-refractivity contribution in [1.82, 2.24) is 4.98 Å². The number of halogens is 2. The zero-order valence-corrected chi connectivity index (χ0v) is 17.8. The van der Waals surface area contributed by atoms with Crippen LogP contribution in [0.15, 0.2) is 71.1 Å². The number of hydrogen-bond acceptors (Lipinski definition) is 4. The molecule has 0 saturated heterocycles. The number of oxazole rings is 1. The van der Waals surface area contributed by atoms with Gasteiger partial charge in [0.15, 0.2) is 11.2 Å². The maximum Gasteiger partial charge on any atom is 0.267 e. The molecule has 1 heterocycles. The zero-order valence-electron chi connectivity index (χ0n) is 16.3. The minimum Gasteiger partial charge on any atom is -0.478 e. The van der Waals surface area contributed by atoms with Crippen LogP contribution in [0.2, 0.25) is 10.0 Å². The van der Waals surface area contributed by atoms with E-state index in [4.69, 9.17) is 32.4 Å². The van der Waals surface area contributed by atoms with E-state index in [1.807, 2.05) is 18.2 Å². The lowest BCUT2D eigenvalue weighted by atomic mass is 10.1. The van der Waals surface area contributed by atoms with Crippen LogP contribution in [0.1, 0.15) is 13.8 Å². The van der Waals surface area contributed by atoms with Gasteiger partial charge in [0, 0.05) is 10.7 Å². The Morgan fingerprint density at radius 2 is 1.80 bits per heavy atom. The largest absolute Gasteiger partial charge is 0.478 e. The molecule has 0 bridgehead atoms. The van der Waals surface area contributed by atoms with Gasteiger partial charge in [-0.05, 0) is 62.4 Å². The van der Waals surface area contributed by atoms with Crippen LogP contribution >= 0.6 is 23.2 Å². The number of rotatable bonds is 5. The molecule has 5 nitrogen and oxygen atoms in total. The Kier molecular flexibility index (Phi) is 5.41. The van der Waals surface area contributed by atoms with Gasteiger partial charge in [-0.2, -0.15) is 0 Å². The van der Waals surface area contributed by atoms with Gasteiger partial charge in [0.05, 0.1) is 10.6 Å². The van der Waals surface area contributed by atoms with Crippen LogP contribution in [-0.4, -0.2) is 16.5 Å². The fraction of sp³-hybridized carbons (Fsp3) is 0.130. The van der Waals surface area contributed by atoms with Crippen LogP contribution in [0.5, 0.6) is 5.75 Å². The number of nitrogens with zero attached hydrogens (tertiary/aromatic N) is 1. The van der Waals surface area contributed by atoms with E-state index < -0.39 is 5.60 Å². The van der Waals surface area contributed by atoms with Crippen molar-refractivity contribution in [3.05, 3.63) is 76.8 Å². The number of aromatic nitrogens is 1. The molecule has 0 spiro atoms. The smallest absolute Gasteiger partial charge is 0.267 e. The Balaban J connectivity index is 1.56. The highest BCUT2D eigenvalue weighted by atomic mass is 35.5. The number of amides is 1. The standard InChI is InChI=1S/C23H18Cl2N2O3/c1-23(2,30-16-6-4-3-5-7-16)22(28)26-15-9-11-20-19(13-15)27-21(29-20)17-12-14(24)8-10-18(17)25/h3-13H,1-2H3,(H,26,28). The van der Waals surface area contributed by atoms with Gasteiger partial charge in [0.25, 0.3) is 5.91 Å². The topological polar surface area (TPSA) is 64.4 Å². The lowest BCUT2D eigenvalue weighted by molar-refractivity contribution is -0.128. The average Bonchev–Trinajstić information content (AvgIpc) is 3.13. The SMILES string of the molecule is CC(C)(Oc1ccccc1)C(=O)Nc1ccc2oc(-c3cc(Cl)ccc3Cl)nc2c1. The van der Waals surface area contributed by atoms with E-state index in [0.717, 1.165) is 0 Å². The summed E-state index contributed by atoms with van der Waals surface area (Å²) < 4.78 is 11.6. The average molecular weight is 441 g/mol. The number of fused-ring (bicyclic) bond motifs is 1. The van der Waals surface area contributed by atoms with Crippen molar-refractivity contribution in [2.75, 3.05) is 5.32 Å². The van der Waals surface area contributed by atoms with Crippen molar-refractivity contribution in [2.45, 2.75) is 19.4 Å². The van der Waals surface area contributed by atoms with Gasteiger partial charge in [-0.3, -0.25) is 4.79 Å². The number of carbonyl (C=O) groups is 1. The van der Waals surface area contributed by atoms with E-state index in [9.17, 15) is 4.79 Å². The predicted molar refractivity (Wildman–Crippen MR) is 119 cm³/mol. The highest BCUT2D eigenvalue weighted by molar-refractivity contribution is 6.35. The van der Waals surface area contributed by atoms with Crippen molar-refractivity contribution in [1.29, 1.82) is 0 Å². The summed E-state index contributed by atoms with van der Waals surface area (Å²) in [6.45, 7) is 3.42. The number of para-hydroxylation sites is 1. The summed E-state index contributed by atoms with van der Waals surface area (Å²) in [5, 5.41) is 3.89. The van der Waals surface area contributed by atoms with E-state index in [-0.39, 0.29) is 5.91 Å². The minimum absolute atomic E-state index is 0.285. The minimum atomic E-state index is -1.07. The van der Waals surface area contributed by atoms with Crippen LogP contribution in [0.3, 0.4) is 0 Å². The van der Waals surface area contributed by atoms with E-state index in [1.54, 1.807) is 62.4 Å². The second-order valence-electron chi connectivity index (χ2n) is 7.21. The zero-order chi connectivity index (χ0) is 21.3. The molecule has 7 heteroatoms. The third kappa shape index (κ3) is 4.27. The first-order chi connectivity index (χ1) is 14.3. The maximum atomic E-state index is 12.8. The first-order valence-corrected chi connectivity index (χ1v) is 9.99. The first-order valence-electron chi connectivity index (χ1n) is 9.23. The van der Waals surface area contributed by atoms with Crippen LogP contribution in [-0.2, 0) is 4.79 Å². The second-order valence-corrected chi connectivity index (χ2v) is 8.05. The molecule has 152 valence electrons. The number of benzene rings is 3. The predicted octanol–water partition coefficient (Wildman–Crippen LogP) is 6.60. The Bertz CT molecular complexity index is 1220. The number of nitrogens with one attached hydrogen (secondary N) is 1. The summed E-state index contributed by atoms with van der Waals surface area (Å²) in [7, 11) is 0. The Hall–Kier alpha value is -3.02. The molecule has 0 aliphatic heterocycles. The van der Waals surface area contributed by atoms with Crippen molar-refractivity contribution in [3.8, 4) is 17.2 Å². The van der Waals surface area contributed by atoms with Gasteiger partial charge in [0.1, 0.15) is 11.3 Å². The Morgan fingerprint density at radius 3 is 2.57 bits per heavy atom. The molecular formula is C23H18Cl2N2O3. The molecule has 0 fully saturated rings. The number of anilines is 1. The number of carbonyl (C=O) groups excluding carboxylic acids is 1. The van der Waals surface area contributed by atoms with Crippen LogP contribution in [0.4, 0.5) is 5.69 Å². The number of hydrogen-bond donors (Lipinski definition) is 1. The molecule has 0 saturated carbocycles. The van der Waals surface area contributed by atoms with Crippen LogP contribution in [0.25, 0.3) is 22.6 Å². The van der Waals surface area contributed by atoms with Gasteiger partial charge >= 0.3 is 0 Å². The van der Waals surface area contributed by atoms with Crippen LogP contribution in [0, 0.1) is 0 Å². The van der Waals surface area contributed by atoms with Gasteiger partial charge in [-0.25, -0.2) is 4.98 Å². The Morgan fingerprint density at radius 1 is 1.03 bits per heavy atom. The third-order valence-corrected chi connectivity index (χ3v) is 5.03. The molecule has 0 unspecified atom stereocenters. The molecule has 4 aromatic rings. The van der Waals surface area contributed by atoms with Gasteiger partial charge in [-0.15, -0.1) is 0 Å². The van der Waals surface area contributed by atoms with Crippen molar-refractivity contribution in [3.63, 3.8) is 0 Å². The molecule has 0 aliphatic rings. The van der Waals surface area contributed by atoms with E-state index in [1.165, 1.54) is 0 Å². The summed E-state index contributed by atoms with van der Waals surface area (Å²) in [4.78, 5) is 17.3. The van der Waals surface area contributed by atoms with E-state index in [2.05, 4.69) is 10.3 Å². The monoisotopic (exact) mass is 440 g/mol. The first kappa shape index (κ1) is 20.3. The lowest BCUT2D eigenvalue weighted by Crippen LogP contribution is -2.42. The molecular weight excluding hydrogens is 423 g/mol. The van der Waals surface area contributed by atoms with E-state index in [0.29, 0.717) is 44.0 Å². The summed E-state index contributed by atoms with van der Waals surface area (Å²) in [6, 6.07) is 19.5. The molecule has 4 rings (SSSR count). The highest BCUT2D eigenvalue weighted by Crippen LogP contribution is 2.33. The quantitative estimate of drug-likeness (QED) is 0.379. The fourth-order valence-corrected chi connectivity index (χ4v) is 3.26. The molecule has 0 atom stereocenters. The molecule has 0 radical (unpaired) electrons. The molecule has 0 aliphatic carbocycles. The van der Waals surface area contributed by atoms with E-state index >= 15 is 0 Å². The summed E-state index contributed by atoms with van der Waals surface area (Å²) in [5.74, 6) is 0.689. The molecule has 1 aromatic heterocycles. The third-order valence-electron chi connectivity index (χ3n) is 4.47. The summed E-state index contributed by atoms with van der Waals surface area (Å²) in [5.41, 5.74) is 1.26. The maximum absolute atomic E-state index is 12.8. The Labute approximate surface area is 183 Å². The number of ether oxygens (including phenoxy) is 1. The fourth-order valence-electron chi connectivity index (χ4n) is 2.89. The highest BCUT2D eigenvalue weighted by Gasteiger charge is 2.30. The molecule has 30 heavy (non-hydrogen) atoms. The van der Waals surface area contributed by atoms with Crippen molar-refractivity contribution >= 4 is 45.9 Å². The van der Waals surface area contributed by atoms with Gasteiger partial charge < -0.3 is 14.5 Å². The van der Waals surface area contributed by atoms with Gasteiger partial charge in [-0.1, -0.05) is 41.4 Å². The van der Waals surface area contributed by atoms with Gasteiger partial charge in [0.2, 0.25) is 5.89 Å². The van der Waals surface area contributed by atoms with Crippen molar-refractivity contribution < 1.29 is 13.9 Å². The summed E-state index contributed by atoms with van der Waals surface area (Å²) in [6.07, 6.45) is 0. The second kappa shape index (κ2) is 8.01. The molecule has 1 amide bonds. The van der Waals surface area contributed by atoms with Crippen LogP contribution < -0.4 is 10.1 Å². The summed E-state index contributed by atoms with van der Waals surface area (Å²) >= 11 is 12.3. The normalized spacial score (nSPS) is 11.5. The lowest BCUT2D eigenvalue weighted by Gasteiger charge is -2.25. The molecule has 1 N–H and O–H groups in total. The molecule has 3 aromatic carbocycles.